The van der Waals surface area contributed by atoms with Crippen molar-refractivity contribution >= 4 is 23.4 Å². The molecule has 4 saturated heterocycles. The highest BCUT2D eigenvalue weighted by molar-refractivity contribution is 6.04. The minimum atomic E-state index is -1.99. The second-order valence-corrected chi connectivity index (χ2v) is 14.1. The van der Waals surface area contributed by atoms with Crippen LogP contribution in [0.5, 0.6) is 0 Å². The minimum Gasteiger partial charge on any atom is -0.347 e. The second-order valence-electron chi connectivity index (χ2n) is 14.1. The molecule has 5 heterocycles. The summed E-state index contributed by atoms with van der Waals surface area (Å²) in [5.74, 6) is -3.24. The van der Waals surface area contributed by atoms with Gasteiger partial charge in [-0.1, -0.05) is 45.4 Å². The average molecular weight is 578 g/mol. The highest BCUT2D eigenvalue weighted by atomic mass is 16.7. The lowest BCUT2D eigenvalue weighted by Crippen LogP contribution is -2.71. The van der Waals surface area contributed by atoms with Gasteiger partial charge in [-0.3, -0.25) is 29.0 Å². The van der Waals surface area contributed by atoms with Crippen LogP contribution in [0.4, 0.5) is 0 Å². The fourth-order valence-corrected chi connectivity index (χ4v) is 8.80. The fraction of sp³-hybridized carbons (Fsp3) is 0.688. The number of aliphatic imine (C=N–C) groups is 1. The highest BCUT2D eigenvalue weighted by Crippen LogP contribution is 2.50. The lowest BCUT2D eigenvalue weighted by molar-refractivity contribution is -0.322. The SMILES string of the molecule is CC(C)C[C@H]1C(=O)N2CCC[C@H]2[C@]2(O)O[C@](NC(=O)[C@@H]3C[C@@H]4C5=CC=CC6=NC=C(C[C@H]4N(C)C3)C56)(C(C)C)C(=O)N12. The summed E-state index contributed by atoms with van der Waals surface area (Å²) in [4.78, 5) is 52.1. The van der Waals surface area contributed by atoms with Gasteiger partial charge in [0.1, 0.15) is 12.1 Å². The number of hydrogen-bond donors (Lipinski definition) is 2. The van der Waals surface area contributed by atoms with Crippen molar-refractivity contribution in [1.29, 1.82) is 0 Å². The van der Waals surface area contributed by atoms with Crippen LogP contribution >= 0.6 is 0 Å². The summed E-state index contributed by atoms with van der Waals surface area (Å²) in [6, 6.07) is -1.21. The van der Waals surface area contributed by atoms with E-state index in [1.165, 1.54) is 16.0 Å². The van der Waals surface area contributed by atoms with Crippen molar-refractivity contribution in [3.05, 3.63) is 35.6 Å². The Morgan fingerprint density at radius 1 is 1.26 bits per heavy atom. The predicted molar refractivity (Wildman–Crippen MR) is 155 cm³/mol. The molecule has 5 fully saturated rings. The summed E-state index contributed by atoms with van der Waals surface area (Å²) in [7, 11) is 2.07. The summed E-state index contributed by atoms with van der Waals surface area (Å²) in [6.45, 7) is 8.72. The highest BCUT2D eigenvalue weighted by Gasteiger charge is 2.72. The number of amides is 3. The number of fused-ring (bicyclic) bond motifs is 5. The number of nitrogens with one attached hydrogen (secondary N) is 1. The summed E-state index contributed by atoms with van der Waals surface area (Å²) in [5.41, 5.74) is 1.97. The van der Waals surface area contributed by atoms with Gasteiger partial charge in [0.2, 0.25) is 17.5 Å². The maximum Gasteiger partial charge on any atom is 0.281 e. The van der Waals surface area contributed by atoms with Crippen LogP contribution in [0.15, 0.2) is 40.6 Å². The summed E-state index contributed by atoms with van der Waals surface area (Å²) < 4.78 is 6.45. The van der Waals surface area contributed by atoms with Crippen LogP contribution < -0.4 is 5.32 Å². The lowest BCUT2D eigenvalue weighted by Gasteiger charge is -2.49. The zero-order valence-corrected chi connectivity index (χ0v) is 25.2. The molecule has 1 saturated carbocycles. The number of rotatable bonds is 5. The number of allylic oxidation sites excluding steroid dienone is 3. The van der Waals surface area contributed by atoms with Crippen molar-refractivity contribution in [1.82, 2.24) is 20.0 Å². The Balaban J connectivity index is 1.18. The van der Waals surface area contributed by atoms with Crippen LogP contribution in [0.25, 0.3) is 0 Å². The maximum atomic E-state index is 14.4. The molecule has 7 aliphatic rings. The fourth-order valence-electron chi connectivity index (χ4n) is 8.80. The van der Waals surface area contributed by atoms with Crippen LogP contribution in [0.3, 0.4) is 0 Å². The Labute approximate surface area is 247 Å². The van der Waals surface area contributed by atoms with E-state index in [2.05, 4.69) is 40.5 Å². The molecule has 8 atom stereocenters. The van der Waals surface area contributed by atoms with E-state index in [1.807, 2.05) is 33.9 Å². The molecule has 5 aliphatic heterocycles. The van der Waals surface area contributed by atoms with Gasteiger partial charge in [-0.25, -0.2) is 0 Å². The van der Waals surface area contributed by atoms with Gasteiger partial charge in [-0.05, 0) is 62.6 Å². The molecule has 10 heteroatoms. The van der Waals surface area contributed by atoms with Crippen molar-refractivity contribution in [3.8, 4) is 0 Å². The average Bonchev–Trinajstić information content (AvgIpc) is 3.65. The van der Waals surface area contributed by atoms with E-state index in [-0.39, 0.29) is 41.5 Å². The summed E-state index contributed by atoms with van der Waals surface area (Å²) >= 11 is 0. The number of carbonyl (C=O) groups excluding carboxylic acids is 3. The molecule has 3 amide bonds. The molecule has 0 aromatic heterocycles. The van der Waals surface area contributed by atoms with Gasteiger partial charge < -0.3 is 20.2 Å². The molecule has 0 bridgehead atoms. The number of piperazine rings is 1. The smallest absolute Gasteiger partial charge is 0.281 e. The second kappa shape index (κ2) is 9.59. The van der Waals surface area contributed by atoms with Crippen LogP contribution in [-0.4, -0.2) is 93.1 Å². The van der Waals surface area contributed by atoms with Crippen LogP contribution in [-0.2, 0) is 19.1 Å². The Kier molecular flexibility index (Phi) is 6.39. The number of likely N-dealkylation sites (tertiary alicyclic amines) is 1. The zero-order valence-electron chi connectivity index (χ0n) is 25.2. The Hall–Kier alpha value is -2.82. The third kappa shape index (κ3) is 3.80. The van der Waals surface area contributed by atoms with E-state index >= 15 is 0 Å². The van der Waals surface area contributed by atoms with Crippen LogP contribution in [0.2, 0.25) is 0 Å². The standard InChI is InChI=1S/C32H43N5O5/c1-17(2)12-25-29(39)36-11-7-10-26(36)32(41)37(25)30(40)31(42-32,18(3)4)34-28(38)20-13-22-21-8-6-9-23-27(21)19(15-33-23)14-24(22)35(5)16-20/h6,8-9,15,17-18,20,22,24-27,41H,7,10-14,16H2,1-5H3,(H,34,38)/t20-,22-,24-,25+,26+,27?,31-,32+/m1/s1. The molecule has 0 aromatic carbocycles. The number of carbonyl (C=O) groups is 3. The van der Waals surface area contributed by atoms with Crippen LogP contribution in [0.1, 0.15) is 59.8 Å². The van der Waals surface area contributed by atoms with E-state index in [0.29, 0.717) is 32.4 Å². The van der Waals surface area contributed by atoms with Gasteiger partial charge in [0.15, 0.2) is 0 Å². The number of aliphatic hydroxyl groups is 1. The molecule has 2 aliphatic carbocycles. The van der Waals surface area contributed by atoms with Crippen molar-refractivity contribution < 1.29 is 24.2 Å². The summed E-state index contributed by atoms with van der Waals surface area (Å²) in [6.07, 6.45) is 11.6. The maximum absolute atomic E-state index is 14.4. The molecule has 226 valence electrons. The first-order valence-corrected chi connectivity index (χ1v) is 15.7. The van der Waals surface area contributed by atoms with Gasteiger partial charge in [0.05, 0.1) is 11.6 Å². The Bertz CT molecular complexity index is 1350. The first-order chi connectivity index (χ1) is 20.0. The lowest BCUT2D eigenvalue weighted by atomic mass is 9.64. The Morgan fingerprint density at radius 2 is 2.05 bits per heavy atom. The predicted octanol–water partition coefficient (Wildman–Crippen LogP) is 2.17. The first kappa shape index (κ1) is 28.0. The Morgan fingerprint density at radius 3 is 2.79 bits per heavy atom. The number of piperidine rings is 1. The van der Waals surface area contributed by atoms with Gasteiger partial charge in [-0.2, -0.15) is 0 Å². The van der Waals surface area contributed by atoms with Crippen molar-refractivity contribution in [2.24, 2.45) is 34.6 Å². The van der Waals surface area contributed by atoms with Gasteiger partial charge in [-0.15, -0.1) is 0 Å². The van der Waals surface area contributed by atoms with E-state index in [0.717, 1.165) is 18.6 Å². The summed E-state index contributed by atoms with van der Waals surface area (Å²) in [5, 5.41) is 15.2. The zero-order chi connectivity index (χ0) is 29.7. The van der Waals surface area contributed by atoms with Gasteiger partial charge >= 0.3 is 0 Å². The molecule has 7 rings (SSSR count). The minimum absolute atomic E-state index is 0.115. The molecule has 2 N–H and O–H groups in total. The molecule has 0 aromatic rings. The monoisotopic (exact) mass is 577 g/mol. The van der Waals surface area contributed by atoms with E-state index < -0.39 is 35.5 Å². The van der Waals surface area contributed by atoms with E-state index in [9.17, 15) is 19.5 Å². The van der Waals surface area contributed by atoms with Crippen molar-refractivity contribution in [2.45, 2.75) is 89.6 Å². The van der Waals surface area contributed by atoms with Crippen LogP contribution in [0, 0.1) is 29.6 Å². The molecule has 42 heavy (non-hydrogen) atoms. The third-order valence-corrected chi connectivity index (χ3v) is 10.8. The number of nitrogens with zero attached hydrogens (tertiary/aromatic N) is 4. The van der Waals surface area contributed by atoms with E-state index in [1.54, 1.807) is 4.90 Å². The largest absolute Gasteiger partial charge is 0.347 e. The van der Waals surface area contributed by atoms with Crippen molar-refractivity contribution in [3.63, 3.8) is 0 Å². The number of hydrogen-bond acceptors (Lipinski definition) is 7. The quantitative estimate of drug-likeness (QED) is 0.518. The first-order valence-electron chi connectivity index (χ1n) is 15.7. The normalized spacial score (nSPS) is 40.5. The third-order valence-electron chi connectivity index (χ3n) is 10.8. The van der Waals surface area contributed by atoms with Gasteiger partial charge in [0, 0.05) is 37.2 Å². The van der Waals surface area contributed by atoms with Gasteiger partial charge in [0.25, 0.3) is 11.8 Å². The number of ether oxygens (including phenoxy) is 1. The van der Waals surface area contributed by atoms with Crippen molar-refractivity contribution in [2.75, 3.05) is 20.1 Å². The molecule has 0 radical (unpaired) electrons. The van der Waals surface area contributed by atoms with E-state index in [4.69, 9.17) is 4.74 Å². The topological polar surface area (TPSA) is 115 Å². The molecule has 1 unspecified atom stereocenters. The molecule has 10 nitrogen and oxygen atoms in total. The molecular formula is C32H43N5O5. The molecule has 0 spiro atoms. The molecular weight excluding hydrogens is 534 g/mol.